The van der Waals surface area contributed by atoms with Gasteiger partial charge in [0, 0.05) is 25.7 Å². The average molecular weight is 370 g/mol. The third-order valence-electron chi connectivity index (χ3n) is 6.62. The van der Waals surface area contributed by atoms with Crippen LogP contribution in [0.2, 0.25) is 0 Å². The molecule has 1 aliphatic carbocycles. The van der Waals surface area contributed by atoms with Crippen molar-refractivity contribution in [1.82, 2.24) is 14.7 Å². The van der Waals surface area contributed by atoms with Crippen molar-refractivity contribution in [3.63, 3.8) is 0 Å². The number of nitrogens with zero attached hydrogens (tertiary/aromatic N) is 3. The number of fused-ring (bicyclic) bond motifs is 1. The molecule has 5 heteroatoms. The quantitative estimate of drug-likeness (QED) is 0.822. The summed E-state index contributed by atoms with van der Waals surface area (Å²) in [6, 6.07) is 8.67. The molecule has 146 valence electrons. The van der Waals surface area contributed by atoms with E-state index in [1.165, 1.54) is 30.4 Å². The summed E-state index contributed by atoms with van der Waals surface area (Å²) in [5, 5.41) is 0. The molecule has 0 spiro atoms. The van der Waals surface area contributed by atoms with Gasteiger partial charge in [0.05, 0.1) is 12.6 Å². The highest BCUT2D eigenvalue weighted by Gasteiger charge is 2.37. The molecule has 1 aromatic carbocycles. The number of carbonyl (C=O) groups excluding carboxylic acids is 2. The van der Waals surface area contributed by atoms with E-state index in [0.717, 1.165) is 32.4 Å². The molecule has 3 aliphatic rings. The zero-order valence-electron chi connectivity index (χ0n) is 16.4. The molecular formula is C22H31N3O2. The number of benzene rings is 1. The fraction of sp³-hybridized carbons (Fsp3) is 0.636. The molecule has 1 saturated heterocycles. The number of hydrogen-bond acceptors (Lipinski definition) is 3. The lowest BCUT2D eigenvalue weighted by Gasteiger charge is -2.43. The molecule has 5 nitrogen and oxygen atoms in total. The SMILES string of the molecule is CCN1Cc2ccccc2CC1C(=O)N1CCN(C2CCCCC2)C(=O)C1. The van der Waals surface area contributed by atoms with Gasteiger partial charge in [0.25, 0.3) is 0 Å². The van der Waals surface area contributed by atoms with Crippen molar-refractivity contribution in [2.75, 3.05) is 26.2 Å². The smallest absolute Gasteiger partial charge is 0.242 e. The Morgan fingerprint density at radius 1 is 1.04 bits per heavy atom. The number of hydrogen-bond donors (Lipinski definition) is 0. The van der Waals surface area contributed by atoms with Gasteiger partial charge in [-0.25, -0.2) is 0 Å². The lowest BCUT2D eigenvalue weighted by Crippen LogP contribution is -2.59. The van der Waals surface area contributed by atoms with E-state index >= 15 is 0 Å². The number of rotatable bonds is 3. The molecule has 1 aromatic rings. The molecule has 2 heterocycles. The highest BCUT2D eigenvalue weighted by molar-refractivity contribution is 5.89. The third-order valence-corrected chi connectivity index (χ3v) is 6.62. The maximum atomic E-state index is 13.3. The van der Waals surface area contributed by atoms with E-state index in [4.69, 9.17) is 0 Å². The van der Waals surface area contributed by atoms with Crippen molar-refractivity contribution < 1.29 is 9.59 Å². The van der Waals surface area contributed by atoms with E-state index in [1.54, 1.807) is 0 Å². The van der Waals surface area contributed by atoms with Crippen LogP contribution in [0.3, 0.4) is 0 Å². The van der Waals surface area contributed by atoms with Crippen LogP contribution in [0.1, 0.15) is 50.2 Å². The van der Waals surface area contributed by atoms with Crippen molar-refractivity contribution in [3.05, 3.63) is 35.4 Å². The van der Waals surface area contributed by atoms with Crippen LogP contribution < -0.4 is 0 Å². The molecule has 0 N–H and O–H groups in total. The Morgan fingerprint density at radius 3 is 2.48 bits per heavy atom. The van der Waals surface area contributed by atoms with Gasteiger partial charge in [-0.3, -0.25) is 14.5 Å². The predicted octanol–water partition coefficient (Wildman–Crippen LogP) is 2.44. The van der Waals surface area contributed by atoms with E-state index in [0.29, 0.717) is 19.1 Å². The minimum Gasteiger partial charge on any atom is -0.336 e. The van der Waals surface area contributed by atoms with Crippen LogP contribution >= 0.6 is 0 Å². The molecular weight excluding hydrogens is 338 g/mol. The summed E-state index contributed by atoms with van der Waals surface area (Å²) in [4.78, 5) is 32.1. The van der Waals surface area contributed by atoms with E-state index in [9.17, 15) is 9.59 Å². The fourth-order valence-corrected chi connectivity index (χ4v) is 5.02. The molecule has 2 amide bonds. The maximum absolute atomic E-state index is 13.3. The van der Waals surface area contributed by atoms with E-state index < -0.39 is 0 Å². The second-order valence-corrected chi connectivity index (χ2v) is 8.19. The molecule has 2 aliphatic heterocycles. The zero-order chi connectivity index (χ0) is 18.8. The molecule has 0 aromatic heterocycles. The molecule has 1 saturated carbocycles. The molecule has 1 atom stereocenters. The van der Waals surface area contributed by atoms with Gasteiger partial charge in [-0.1, -0.05) is 50.5 Å². The molecule has 27 heavy (non-hydrogen) atoms. The van der Waals surface area contributed by atoms with Gasteiger partial charge in [0.15, 0.2) is 0 Å². The van der Waals surface area contributed by atoms with Crippen molar-refractivity contribution in [1.29, 1.82) is 0 Å². The lowest BCUT2D eigenvalue weighted by molar-refractivity contribution is -0.150. The summed E-state index contributed by atoms with van der Waals surface area (Å²) >= 11 is 0. The first kappa shape index (κ1) is 18.5. The molecule has 0 bridgehead atoms. The second kappa shape index (κ2) is 8.01. The fourth-order valence-electron chi connectivity index (χ4n) is 5.02. The van der Waals surface area contributed by atoms with Crippen LogP contribution in [0, 0.1) is 0 Å². The second-order valence-electron chi connectivity index (χ2n) is 8.19. The molecule has 4 rings (SSSR count). The van der Waals surface area contributed by atoms with Gasteiger partial charge >= 0.3 is 0 Å². The molecule has 0 radical (unpaired) electrons. The van der Waals surface area contributed by atoms with Gasteiger partial charge in [-0.15, -0.1) is 0 Å². The summed E-state index contributed by atoms with van der Waals surface area (Å²) in [6.45, 7) is 5.41. The maximum Gasteiger partial charge on any atom is 0.242 e. The minimum atomic E-state index is -0.140. The molecule has 1 unspecified atom stereocenters. The van der Waals surface area contributed by atoms with Crippen molar-refractivity contribution >= 4 is 11.8 Å². The highest BCUT2D eigenvalue weighted by atomic mass is 16.2. The third kappa shape index (κ3) is 3.75. The van der Waals surface area contributed by atoms with Crippen LogP contribution in [0.25, 0.3) is 0 Å². The minimum absolute atomic E-state index is 0.128. The van der Waals surface area contributed by atoms with Gasteiger partial charge in [0.2, 0.25) is 11.8 Å². The van der Waals surface area contributed by atoms with E-state index in [2.05, 4.69) is 41.0 Å². The standard InChI is InChI=1S/C22H31N3O2/c1-2-23-15-18-9-7-6-8-17(18)14-20(23)22(27)24-12-13-25(21(26)16-24)19-10-4-3-5-11-19/h6-9,19-20H,2-5,10-16H2,1H3. The average Bonchev–Trinajstić information content (AvgIpc) is 2.72. The van der Waals surface area contributed by atoms with Crippen LogP contribution in [0.15, 0.2) is 24.3 Å². The molecule has 2 fully saturated rings. The van der Waals surface area contributed by atoms with Crippen molar-refractivity contribution in [3.8, 4) is 0 Å². The van der Waals surface area contributed by atoms with Crippen LogP contribution in [0.5, 0.6) is 0 Å². The number of amides is 2. The van der Waals surface area contributed by atoms with Crippen LogP contribution in [-0.2, 0) is 22.6 Å². The monoisotopic (exact) mass is 369 g/mol. The zero-order valence-corrected chi connectivity index (χ0v) is 16.4. The van der Waals surface area contributed by atoms with E-state index in [1.807, 2.05) is 4.90 Å². The Morgan fingerprint density at radius 2 is 1.78 bits per heavy atom. The summed E-state index contributed by atoms with van der Waals surface area (Å²) in [7, 11) is 0. The van der Waals surface area contributed by atoms with Gasteiger partial charge < -0.3 is 9.80 Å². The first-order chi connectivity index (χ1) is 13.2. The predicted molar refractivity (Wildman–Crippen MR) is 105 cm³/mol. The van der Waals surface area contributed by atoms with Crippen molar-refractivity contribution in [2.24, 2.45) is 0 Å². The van der Waals surface area contributed by atoms with Gasteiger partial charge in [-0.2, -0.15) is 0 Å². The van der Waals surface area contributed by atoms with Crippen molar-refractivity contribution in [2.45, 2.75) is 64.1 Å². The Labute approximate surface area is 162 Å². The lowest BCUT2D eigenvalue weighted by atomic mass is 9.92. The topological polar surface area (TPSA) is 43.9 Å². The van der Waals surface area contributed by atoms with Crippen LogP contribution in [-0.4, -0.2) is 64.8 Å². The summed E-state index contributed by atoms with van der Waals surface area (Å²) in [5.41, 5.74) is 2.59. The Bertz CT molecular complexity index is 699. The number of piperazine rings is 1. The summed E-state index contributed by atoms with van der Waals surface area (Å²) in [6.07, 6.45) is 6.75. The Kier molecular flexibility index (Phi) is 5.48. The highest BCUT2D eigenvalue weighted by Crippen LogP contribution is 2.26. The van der Waals surface area contributed by atoms with Gasteiger partial charge in [0.1, 0.15) is 0 Å². The normalized spacial score (nSPS) is 24.8. The summed E-state index contributed by atoms with van der Waals surface area (Å²) < 4.78 is 0. The number of likely N-dealkylation sites (N-methyl/N-ethyl adjacent to an activating group) is 1. The van der Waals surface area contributed by atoms with Gasteiger partial charge in [-0.05, 0) is 36.9 Å². The van der Waals surface area contributed by atoms with Crippen LogP contribution in [0.4, 0.5) is 0 Å². The first-order valence-electron chi connectivity index (χ1n) is 10.6. The Hall–Kier alpha value is -1.88. The number of carbonyl (C=O) groups is 2. The largest absolute Gasteiger partial charge is 0.336 e. The first-order valence-corrected chi connectivity index (χ1v) is 10.6. The Balaban J connectivity index is 1.43. The van der Waals surface area contributed by atoms with E-state index in [-0.39, 0.29) is 24.4 Å². The summed E-state index contributed by atoms with van der Waals surface area (Å²) in [5.74, 6) is 0.267.